The van der Waals surface area contributed by atoms with E-state index in [2.05, 4.69) is 10.3 Å². The molecule has 1 aromatic heterocycles. The molecule has 138 valence electrons. The molecular formula is C19H22N2O4S. The Labute approximate surface area is 153 Å². The molecule has 2 aromatic rings. The third-order valence-electron chi connectivity index (χ3n) is 4.51. The largest absolute Gasteiger partial charge is 0.379 e. The highest BCUT2D eigenvalue weighted by atomic mass is 32.2. The number of pyridine rings is 1. The molecule has 0 unspecified atom stereocenters. The molecule has 2 heterocycles. The number of ether oxygens (including phenoxy) is 1. The highest BCUT2D eigenvalue weighted by Gasteiger charge is 2.29. The second-order valence-corrected chi connectivity index (χ2v) is 8.64. The van der Waals surface area contributed by atoms with E-state index in [9.17, 15) is 13.2 Å². The van der Waals surface area contributed by atoms with Gasteiger partial charge in [-0.2, -0.15) is 0 Å². The van der Waals surface area contributed by atoms with Crippen molar-refractivity contribution in [1.82, 2.24) is 10.3 Å². The number of carbonyl (C=O) groups is 1. The number of benzene rings is 1. The minimum absolute atomic E-state index is 0.0223. The van der Waals surface area contributed by atoms with Crippen LogP contribution >= 0.6 is 0 Å². The molecule has 1 aliphatic rings. The van der Waals surface area contributed by atoms with E-state index >= 15 is 0 Å². The Morgan fingerprint density at radius 1 is 1.12 bits per heavy atom. The standard InChI is InChI=1S/C19H22N2O4S/c1-26(23,24)17-4-2-14(3-5-17)11-19(22)21-18-13-25-12-16(18)10-15-6-8-20-9-7-15/h2-9,16,18H,10-13H2,1H3,(H,21,22)/t16-,18-/m1/s1. The minimum Gasteiger partial charge on any atom is -0.379 e. The van der Waals surface area contributed by atoms with Crippen molar-refractivity contribution in [3.8, 4) is 0 Å². The van der Waals surface area contributed by atoms with E-state index < -0.39 is 9.84 Å². The third-order valence-corrected chi connectivity index (χ3v) is 5.64. The maximum atomic E-state index is 12.4. The van der Waals surface area contributed by atoms with Gasteiger partial charge >= 0.3 is 0 Å². The summed E-state index contributed by atoms with van der Waals surface area (Å²) in [6.07, 6.45) is 5.73. The summed E-state index contributed by atoms with van der Waals surface area (Å²) >= 11 is 0. The van der Waals surface area contributed by atoms with Gasteiger partial charge < -0.3 is 10.1 Å². The molecule has 1 amide bonds. The first-order chi connectivity index (χ1) is 12.4. The fraction of sp³-hybridized carbons (Fsp3) is 0.368. The molecule has 1 aromatic carbocycles. The molecule has 3 rings (SSSR count). The SMILES string of the molecule is CS(=O)(=O)c1ccc(CC(=O)N[C@@H]2COC[C@H]2Cc2ccncc2)cc1. The fourth-order valence-electron chi connectivity index (χ4n) is 3.08. The lowest BCUT2D eigenvalue weighted by Gasteiger charge is -2.19. The second-order valence-electron chi connectivity index (χ2n) is 6.62. The van der Waals surface area contributed by atoms with E-state index in [0.29, 0.717) is 13.2 Å². The van der Waals surface area contributed by atoms with Crippen molar-refractivity contribution in [3.05, 3.63) is 59.9 Å². The summed E-state index contributed by atoms with van der Waals surface area (Å²) in [6.45, 7) is 1.13. The molecule has 0 spiro atoms. The molecule has 0 aliphatic carbocycles. The zero-order valence-electron chi connectivity index (χ0n) is 14.6. The van der Waals surface area contributed by atoms with Crippen LogP contribution in [0.2, 0.25) is 0 Å². The Kier molecular flexibility index (Phi) is 5.68. The van der Waals surface area contributed by atoms with Crippen LogP contribution in [0.3, 0.4) is 0 Å². The zero-order valence-corrected chi connectivity index (χ0v) is 15.4. The van der Waals surface area contributed by atoms with E-state index in [4.69, 9.17) is 4.74 Å². The van der Waals surface area contributed by atoms with Crippen LogP contribution in [-0.4, -0.2) is 44.8 Å². The number of hydrogen-bond donors (Lipinski definition) is 1. The molecule has 26 heavy (non-hydrogen) atoms. The molecule has 6 nitrogen and oxygen atoms in total. The summed E-state index contributed by atoms with van der Waals surface area (Å²) in [5.74, 6) is 0.140. The van der Waals surface area contributed by atoms with E-state index in [-0.39, 0.29) is 29.2 Å². The summed E-state index contributed by atoms with van der Waals surface area (Å²) in [6, 6.07) is 10.3. The Bertz CT molecular complexity index is 851. The van der Waals surface area contributed by atoms with Gasteiger partial charge in [-0.05, 0) is 41.8 Å². The quantitative estimate of drug-likeness (QED) is 0.826. The first-order valence-corrected chi connectivity index (χ1v) is 10.4. The van der Waals surface area contributed by atoms with Crippen molar-refractivity contribution >= 4 is 15.7 Å². The minimum atomic E-state index is -3.23. The average molecular weight is 374 g/mol. The molecule has 0 saturated carbocycles. The van der Waals surface area contributed by atoms with Gasteiger partial charge in [-0.15, -0.1) is 0 Å². The molecule has 2 atom stereocenters. The van der Waals surface area contributed by atoms with E-state index in [1.54, 1.807) is 24.5 Å². The number of carbonyl (C=O) groups excluding carboxylic acids is 1. The van der Waals surface area contributed by atoms with Gasteiger partial charge in [0.25, 0.3) is 0 Å². The summed E-state index contributed by atoms with van der Waals surface area (Å²) in [4.78, 5) is 16.6. The van der Waals surface area contributed by atoms with Crippen LogP contribution in [-0.2, 0) is 32.2 Å². The number of sulfone groups is 1. The fourth-order valence-corrected chi connectivity index (χ4v) is 3.71. The van der Waals surface area contributed by atoms with Crippen LogP contribution in [0.1, 0.15) is 11.1 Å². The van der Waals surface area contributed by atoms with Crippen LogP contribution in [0.4, 0.5) is 0 Å². The molecule has 1 fully saturated rings. The van der Waals surface area contributed by atoms with Gasteiger partial charge in [0.1, 0.15) is 0 Å². The molecule has 0 bridgehead atoms. The number of nitrogens with one attached hydrogen (secondary N) is 1. The smallest absolute Gasteiger partial charge is 0.224 e. The Morgan fingerprint density at radius 2 is 1.81 bits per heavy atom. The Balaban J connectivity index is 1.57. The predicted octanol–water partition coefficient (Wildman–Crippen LogP) is 1.40. The Morgan fingerprint density at radius 3 is 2.46 bits per heavy atom. The number of hydrogen-bond acceptors (Lipinski definition) is 5. The molecule has 0 radical (unpaired) electrons. The summed E-state index contributed by atoms with van der Waals surface area (Å²) in [5.41, 5.74) is 1.95. The maximum absolute atomic E-state index is 12.4. The molecule has 7 heteroatoms. The molecule has 1 aliphatic heterocycles. The topological polar surface area (TPSA) is 85.4 Å². The number of aromatic nitrogens is 1. The van der Waals surface area contributed by atoms with E-state index in [1.807, 2.05) is 12.1 Å². The predicted molar refractivity (Wildman–Crippen MR) is 97.4 cm³/mol. The molecule has 1 N–H and O–H groups in total. The highest BCUT2D eigenvalue weighted by molar-refractivity contribution is 7.90. The first-order valence-electron chi connectivity index (χ1n) is 8.47. The number of rotatable bonds is 6. The van der Waals surface area contributed by atoms with Crippen LogP contribution in [0, 0.1) is 5.92 Å². The van der Waals surface area contributed by atoms with Crippen LogP contribution in [0.25, 0.3) is 0 Å². The zero-order chi connectivity index (χ0) is 18.6. The second kappa shape index (κ2) is 7.97. The molecular weight excluding hydrogens is 352 g/mol. The van der Waals surface area contributed by atoms with Gasteiger partial charge in [-0.1, -0.05) is 12.1 Å². The van der Waals surface area contributed by atoms with Crippen molar-refractivity contribution in [3.63, 3.8) is 0 Å². The van der Waals surface area contributed by atoms with E-state index in [0.717, 1.165) is 18.2 Å². The van der Waals surface area contributed by atoms with Gasteiger partial charge in [0.05, 0.1) is 30.6 Å². The summed E-state index contributed by atoms with van der Waals surface area (Å²) in [5, 5.41) is 3.04. The Hall–Kier alpha value is -2.25. The monoisotopic (exact) mass is 374 g/mol. The lowest BCUT2D eigenvalue weighted by Crippen LogP contribution is -2.41. The molecule has 1 saturated heterocycles. The lowest BCUT2D eigenvalue weighted by molar-refractivity contribution is -0.121. The van der Waals surface area contributed by atoms with Crippen molar-refractivity contribution in [2.45, 2.75) is 23.8 Å². The number of nitrogens with zero attached hydrogens (tertiary/aromatic N) is 1. The van der Waals surface area contributed by atoms with Gasteiger partial charge in [-0.3, -0.25) is 9.78 Å². The average Bonchev–Trinajstić information content (AvgIpc) is 3.02. The normalized spacial score (nSPS) is 20.0. The van der Waals surface area contributed by atoms with Gasteiger partial charge in [0.15, 0.2) is 9.84 Å². The van der Waals surface area contributed by atoms with Crippen LogP contribution in [0.15, 0.2) is 53.7 Å². The maximum Gasteiger partial charge on any atom is 0.224 e. The van der Waals surface area contributed by atoms with Crippen molar-refractivity contribution < 1.29 is 17.9 Å². The van der Waals surface area contributed by atoms with Gasteiger partial charge in [0.2, 0.25) is 5.91 Å². The van der Waals surface area contributed by atoms with Gasteiger partial charge in [0, 0.05) is 24.6 Å². The van der Waals surface area contributed by atoms with E-state index in [1.165, 1.54) is 17.7 Å². The van der Waals surface area contributed by atoms with Crippen molar-refractivity contribution in [2.24, 2.45) is 5.92 Å². The highest BCUT2D eigenvalue weighted by Crippen LogP contribution is 2.19. The van der Waals surface area contributed by atoms with Crippen LogP contribution in [0.5, 0.6) is 0 Å². The number of amides is 1. The summed E-state index contributed by atoms with van der Waals surface area (Å²) in [7, 11) is -3.23. The first kappa shape index (κ1) is 18.5. The van der Waals surface area contributed by atoms with Crippen molar-refractivity contribution in [2.75, 3.05) is 19.5 Å². The summed E-state index contributed by atoms with van der Waals surface area (Å²) < 4.78 is 28.5. The van der Waals surface area contributed by atoms with Crippen LogP contribution < -0.4 is 5.32 Å². The van der Waals surface area contributed by atoms with Crippen molar-refractivity contribution in [1.29, 1.82) is 0 Å². The van der Waals surface area contributed by atoms with Gasteiger partial charge in [-0.25, -0.2) is 8.42 Å². The lowest BCUT2D eigenvalue weighted by atomic mass is 9.95. The third kappa shape index (κ3) is 4.89.